The van der Waals surface area contributed by atoms with E-state index in [9.17, 15) is 0 Å². The fraction of sp³-hybridized carbons (Fsp3) is 1.00. The van der Waals surface area contributed by atoms with Crippen molar-refractivity contribution in [3.63, 3.8) is 0 Å². The summed E-state index contributed by atoms with van der Waals surface area (Å²) in [5.41, 5.74) is 2.77. The number of hydrogen-bond acceptors (Lipinski definition) is 4. The number of aliphatic hydroxyl groups is 1. The largest absolute Gasteiger partial charge is 0.394 e. The van der Waals surface area contributed by atoms with Gasteiger partial charge in [-0.05, 0) is 6.42 Å². The number of hydroxylamine groups is 1. The Bertz CT molecular complexity index is 70.7. The lowest BCUT2D eigenvalue weighted by Gasteiger charge is -2.04. The Labute approximate surface area is 73.8 Å². The highest BCUT2D eigenvalue weighted by Crippen LogP contribution is 1.84. The number of rotatable bonds is 9. The minimum atomic E-state index is 0.0801. The lowest BCUT2D eigenvalue weighted by atomic mass is 10.4. The van der Waals surface area contributed by atoms with Crippen LogP contribution in [0.4, 0.5) is 0 Å². The molecule has 0 aromatic carbocycles. The maximum absolute atomic E-state index is 8.36. The molecule has 0 saturated carbocycles. The van der Waals surface area contributed by atoms with Gasteiger partial charge in [0.25, 0.3) is 0 Å². The van der Waals surface area contributed by atoms with Crippen molar-refractivity contribution in [1.29, 1.82) is 0 Å². The molecule has 2 N–H and O–H groups in total. The molecule has 4 nitrogen and oxygen atoms in total. The first kappa shape index (κ1) is 11.8. The van der Waals surface area contributed by atoms with Crippen LogP contribution in [0.2, 0.25) is 0 Å². The van der Waals surface area contributed by atoms with Gasteiger partial charge in [0.15, 0.2) is 0 Å². The second-order valence-electron chi connectivity index (χ2n) is 2.43. The molecule has 12 heavy (non-hydrogen) atoms. The summed E-state index contributed by atoms with van der Waals surface area (Å²) < 4.78 is 5.00. The van der Waals surface area contributed by atoms with Crippen LogP contribution in [-0.4, -0.2) is 38.1 Å². The third-order valence-electron chi connectivity index (χ3n) is 1.29. The van der Waals surface area contributed by atoms with Crippen LogP contribution in [0.1, 0.15) is 19.8 Å². The van der Waals surface area contributed by atoms with E-state index >= 15 is 0 Å². The summed E-state index contributed by atoms with van der Waals surface area (Å²) in [5.74, 6) is 0. The van der Waals surface area contributed by atoms with E-state index < -0.39 is 0 Å². The van der Waals surface area contributed by atoms with E-state index in [1.165, 1.54) is 0 Å². The fourth-order valence-electron chi connectivity index (χ4n) is 0.641. The predicted molar refractivity (Wildman–Crippen MR) is 46.8 cm³/mol. The summed E-state index contributed by atoms with van der Waals surface area (Å²) in [6.07, 6.45) is 2.22. The highest BCUT2D eigenvalue weighted by molar-refractivity contribution is 4.34. The quantitative estimate of drug-likeness (QED) is 0.393. The zero-order valence-electron chi connectivity index (χ0n) is 7.71. The smallest absolute Gasteiger partial charge is 0.0698 e. The van der Waals surface area contributed by atoms with Crippen molar-refractivity contribution in [2.45, 2.75) is 19.8 Å². The normalized spacial score (nSPS) is 10.5. The number of hydrogen-bond donors (Lipinski definition) is 2. The lowest BCUT2D eigenvalue weighted by Crippen LogP contribution is -2.21. The topological polar surface area (TPSA) is 50.7 Å². The molecule has 0 fully saturated rings. The molecule has 0 spiro atoms. The summed E-state index contributed by atoms with van der Waals surface area (Å²) in [7, 11) is 0. The summed E-state index contributed by atoms with van der Waals surface area (Å²) in [6.45, 7) is 4.59. The van der Waals surface area contributed by atoms with E-state index in [0.717, 1.165) is 19.4 Å². The van der Waals surface area contributed by atoms with E-state index in [4.69, 9.17) is 14.7 Å². The molecule has 4 heteroatoms. The Morgan fingerprint density at radius 3 is 2.75 bits per heavy atom. The minimum absolute atomic E-state index is 0.0801. The fourth-order valence-corrected chi connectivity index (χ4v) is 0.641. The molecule has 0 aliphatic rings. The molecule has 74 valence electrons. The average molecular weight is 177 g/mol. The maximum atomic E-state index is 8.36. The maximum Gasteiger partial charge on any atom is 0.0698 e. The first-order chi connectivity index (χ1) is 5.91. The highest BCUT2D eigenvalue weighted by atomic mass is 16.6. The molecule has 0 aromatic rings. The van der Waals surface area contributed by atoms with Crippen molar-refractivity contribution in [2.75, 3.05) is 33.0 Å². The van der Waals surface area contributed by atoms with Gasteiger partial charge in [-0.3, -0.25) is 0 Å². The monoisotopic (exact) mass is 177 g/mol. The molecule has 0 aliphatic carbocycles. The molecule has 0 rings (SSSR count). The van der Waals surface area contributed by atoms with Gasteiger partial charge in [0.1, 0.15) is 0 Å². The SMILES string of the molecule is CCCCONCCOCCO. The van der Waals surface area contributed by atoms with Crippen molar-refractivity contribution in [2.24, 2.45) is 0 Å². The Morgan fingerprint density at radius 1 is 1.25 bits per heavy atom. The van der Waals surface area contributed by atoms with Crippen LogP contribution in [0.25, 0.3) is 0 Å². The van der Waals surface area contributed by atoms with Crippen LogP contribution in [0.15, 0.2) is 0 Å². The predicted octanol–water partition coefficient (Wildman–Crippen LogP) is 0.317. The van der Waals surface area contributed by atoms with Crippen molar-refractivity contribution in [1.82, 2.24) is 5.48 Å². The van der Waals surface area contributed by atoms with Crippen LogP contribution in [0, 0.1) is 0 Å². The Balaban J connectivity index is 2.73. The summed E-state index contributed by atoms with van der Waals surface area (Å²) in [4.78, 5) is 5.06. The van der Waals surface area contributed by atoms with Crippen molar-refractivity contribution in [3.8, 4) is 0 Å². The average Bonchev–Trinajstić information content (AvgIpc) is 2.10. The van der Waals surface area contributed by atoms with E-state index in [-0.39, 0.29) is 6.61 Å². The number of aliphatic hydroxyl groups excluding tert-OH is 1. The Kier molecular flexibility index (Phi) is 10.7. The van der Waals surface area contributed by atoms with Gasteiger partial charge in [-0.1, -0.05) is 13.3 Å². The lowest BCUT2D eigenvalue weighted by molar-refractivity contribution is 0.0141. The molecule has 0 radical (unpaired) electrons. The zero-order valence-corrected chi connectivity index (χ0v) is 7.71. The number of unbranched alkanes of at least 4 members (excludes halogenated alkanes) is 1. The number of ether oxygens (including phenoxy) is 1. The Morgan fingerprint density at radius 2 is 2.08 bits per heavy atom. The van der Waals surface area contributed by atoms with E-state index in [0.29, 0.717) is 19.8 Å². The third kappa shape index (κ3) is 9.84. The molecule has 0 saturated heterocycles. The van der Waals surface area contributed by atoms with Crippen molar-refractivity contribution in [3.05, 3.63) is 0 Å². The molecule has 0 atom stereocenters. The molecule has 0 amide bonds. The van der Waals surface area contributed by atoms with E-state index in [2.05, 4.69) is 12.4 Å². The second-order valence-corrected chi connectivity index (χ2v) is 2.43. The molecule has 0 unspecified atom stereocenters. The highest BCUT2D eigenvalue weighted by Gasteiger charge is 1.87. The zero-order chi connectivity index (χ0) is 9.07. The summed E-state index contributed by atoms with van der Waals surface area (Å²) in [6, 6.07) is 0. The first-order valence-corrected chi connectivity index (χ1v) is 4.45. The van der Waals surface area contributed by atoms with E-state index in [1.54, 1.807) is 0 Å². The van der Waals surface area contributed by atoms with Crippen molar-refractivity contribution < 1.29 is 14.7 Å². The molecule has 0 aliphatic heterocycles. The van der Waals surface area contributed by atoms with Crippen LogP contribution in [0.5, 0.6) is 0 Å². The van der Waals surface area contributed by atoms with Gasteiger partial charge in [-0.15, -0.1) is 0 Å². The first-order valence-electron chi connectivity index (χ1n) is 4.45. The van der Waals surface area contributed by atoms with Crippen LogP contribution >= 0.6 is 0 Å². The van der Waals surface area contributed by atoms with Gasteiger partial charge in [0.05, 0.1) is 26.4 Å². The van der Waals surface area contributed by atoms with E-state index in [1.807, 2.05) is 0 Å². The van der Waals surface area contributed by atoms with Gasteiger partial charge in [-0.2, -0.15) is 0 Å². The van der Waals surface area contributed by atoms with Gasteiger partial charge in [0, 0.05) is 6.54 Å². The van der Waals surface area contributed by atoms with Gasteiger partial charge in [-0.25, -0.2) is 5.48 Å². The summed E-state index contributed by atoms with van der Waals surface area (Å²) in [5, 5.41) is 8.36. The van der Waals surface area contributed by atoms with Crippen LogP contribution in [-0.2, 0) is 9.57 Å². The third-order valence-corrected chi connectivity index (χ3v) is 1.29. The van der Waals surface area contributed by atoms with Gasteiger partial charge in [0.2, 0.25) is 0 Å². The Hall–Kier alpha value is -0.160. The molecular formula is C8H19NO3. The standard InChI is InChI=1S/C8H19NO3/c1-2-3-6-12-9-4-7-11-8-5-10/h9-10H,2-8H2,1H3. The molecule has 0 bridgehead atoms. The molecular weight excluding hydrogens is 158 g/mol. The molecule has 0 aromatic heterocycles. The van der Waals surface area contributed by atoms with Gasteiger partial charge >= 0.3 is 0 Å². The molecule has 0 heterocycles. The second kappa shape index (κ2) is 10.8. The van der Waals surface area contributed by atoms with Crippen molar-refractivity contribution >= 4 is 0 Å². The van der Waals surface area contributed by atoms with Crippen LogP contribution in [0.3, 0.4) is 0 Å². The minimum Gasteiger partial charge on any atom is -0.394 e. The van der Waals surface area contributed by atoms with Crippen LogP contribution < -0.4 is 5.48 Å². The van der Waals surface area contributed by atoms with Gasteiger partial charge < -0.3 is 14.7 Å². The number of nitrogens with one attached hydrogen (secondary N) is 1. The summed E-state index contributed by atoms with van der Waals surface area (Å²) >= 11 is 0.